The number of aromatic nitrogens is 2. The third kappa shape index (κ3) is 5.21. The fraction of sp³-hybridized carbons (Fsp3) is 0.538. The summed E-state index contributed by atoms with van der Waals surface area (Å²) in [6, 6.07) is 0. The number of aliphatic carboxylic acids is 1. The van der Waals surface area contributed by atoms with Gasteiger partial charge in [-0.15, -0.1) is 0 Å². The van der Waals surface area contributed by atoms with Crippen molar-refractivity contribution in [3.05, 3.63) is 17.5 Å². The molecule has 0 aliphatic rings. The Hall–Kier alpha value is -2.18. The minimum absolute atomic E-state index is 0.0566. The largest absolute Gasteiger partial charge is 0.481 e. The van der Waals surface area contributed by atoms with Crippen LogP contribution in [0.4, 0.5) is 0 Å². The summed E-state index contributed by atoms with van der Waals surface area (Å²) in [4.78, 5) is 33.6. The van der Waals surface area contributed by atoms with Crippen molar-refractivity contribution in [1.29, 1.82) is 0 Å². The number of unbranched alkanes of at least 4 members (excludes halogenated alkanes) is 1. The molecule has 0 fully saturated rings. The number of amides is 1. The number of hydrogen-bond donors (Lipinski definition) is 2. The summed E-state index contributed by atoms with van der Waals surface area (Å²) in [7, 11) is 1.73. The maximum Gasteiger partial charge on any atom is 0.303 e. The second-order valence-electron chi connectivity index (χ2n) is 4.60. The monoisotopic (exact) mass is 281 g/mol. The minimum atomic E-state index is -0.868. The van der Waals surface area contributed by atoms with E-state index in [1.165, 1.54) is 0 Å². The number of nitrogens with zero attached hydrogens (tertiary/aromatic N) is 2. The van der Waals surface area contributed by atoms with Gasteiger partial charge in [-0.05, 0) is 19.8 Å². The van der Waals surface area contributed by atoms with E-state index in [-0.39, 0.29) is 31.1 Å². The predicted molar refractivity (Wildman–Crippen MR) is 71.4 cm³/mol. The zero-order chi connectivity index (χ0) is 15.1. The van der Waals surface area contributed by atoms with Crippen molar-refractivity contribution in [2.75, 3.05) is 6.54 Å². The molecule has 0 radical (unpaired) electrons. The lowest BCUT2D eigenvalue weighted by Gasteiger charge is -2.03. The molecule has 7 heteroatoms. The first-order valence-corrected chi connectivity index (χ1v) is 6.42. The van der Waals surface area contributed by atoms with Crippen molar-refractivity contribution in [1.82, 2.24) is 15.1 Å². The molecule has 1 amide bonds. The first-order chi connectivity index (χ1) is 9.40. The lowest BCUT2D eigenvalue weighted by molar-refractivity contribution is -0.137. The number of ketones is 1. The molecule has 110 valence electrons. The van der Waals surface area contributed by atoms with E-state index >= 15 is 0 Å². The SMILES string of the molecule is Cc1nn(C)cc1C(=O)CNC(=O)CCCCC(=O)O. The van der Waals surface area contributed by atoms with Crippen molar-refractivity contribution in [3.63, 3.8) is 0 Å². The number of carbonyl (C=O) groups excluding carboxylic acids is 2. The summed E-state index contributed by atoms with van der Waals surface area (Å²) in [5, 5.41) is 15.1. The van der Waals surface area contributed by atoms with Crippen LogP contribution in [0.1, 0.15) is 41.7 Å². The van der Waals surface area contributed by atoms with Crippen LogP contribution in [0, 0.1) is 6.92 Å². The summed E-state index contributed by atoms with van der Waals surface area (Å²) in [6.45, 7) is 1.67. The van der Waals surface area contributed by atoms with Crippen LogP contribution in [-0.2, 0) is 16.6 Å². The number of Topliss-reactive ketones (excluding diaryl/α,β-unsaturated/α-hetero) is 1. The smallest absolute Gasteiger partial charge is 0.303 e. The van der Waals surface area contributed by atoms with E-state index in [1.807, 2.05) is 0 Å². The first-order valence-electron chi connectivity index (χ1n) is 6.42. The van der Waals surface area contributed by atoms with Gasteiger partial charge in [0, 0.05) is 26.1 Å². The molecular weight excluding hydrogens is 262 g/mol. The van der Waals surface area contributed by atoms with Crippen LogP contribution < -0.4 is 5.32 Å². The van der Waals surface area contributed by atoms with Gasteiger partial charge in [0.15, 0.2) is 5.78 Å². The molecule has 0 aliphatic heterocycles. The van der Waals surface area contributed by atoms with E-state index in [0.29, 0.717) is 24.1 Å². The van der Waals surface area contributed by atoms with Gasteiger partial charge in [-0.25, -0.2) is 0 Å². The van der Waals surface area contributed by atoms with Gasteiger partial charge in [0.1, 0.15) is 0 Å². The summed E-state index contributed by atoms with van der Waals surface area (Å²) in [5.41, 5.74) is 1.13. The molecule has 0 bridgehead atoms. The van der Waals surface area contributed by atoms with Crippen molar-refractivity contribution in [3.8, 4) is 0 Å². The number of aryl methyl sites for hydroxylation is 2. The zero-order valence-corrected chi connectivity index (χ0v) is 11.7. The molecule has 0 aliphatic carbocycles. The Labute approximate surface area is 117 Å². The van der Waals surface area contributed by atoms with Crippen LogP contribution in [-0.4, -0.2) is 39.1 Å². The number of carboxylic acids is 1. The van der Waals surface area contributed by atoms with Gasteiger partial charge >= 0.3 is 5.97 Å². The van der Waals surface area contributed by atoms with Gasteiger partial charge in [-0.3, -0.25) is 19.1 Å². The minimum Gasteiger partial charge on any atom is -0.481 e. The number of hydrogen-bond acceptors (Lipinski definition) is 4. The van der Waals surface area contributed by atoms with Crippen molar-refractivity contribution >= 4 is 17.7 Å². The van der Waals surface area contributed by atoms with Crippen molar-refractivity contribution in [2.24, 2.45) is 7.05 Å². The Balaban J connectivity index is 2.29. The van der Waals surface area contributed by atoms with Crippen LogP contribution in [0.25, 0.3) is 0 Å². The molecule has 0 spiro atoms. The third-order valence-corrected chi connectivity index (χ3v) is 2.80. The molecule has 0 unspecified atom stereocenters. The second-order valence-corrected chi connectivity index (χ2v) is 4.60. The van der Waals surface area contributed by atoms with E-state index in [2.05, 4.69) is 10.4 Å². The van der Waals surface area contributed by atoms with Crippen LogP contribution in [0.15, 0.2) is 6.20 Å². The maximum atomic E-state index is 11.9. The highest BCUT2D eigenvalue weighted by atomic mass is 16.4. The fourth-order valence-electron chi connectivity index (χ4n) is 1.80. The second kappa shape index (κ2) is 7.42. The van der Waals surface area contributed by atoms with Crippen molar-refractivity contribution in [2.45, 2.75) is 32.6 Å². The van der Waals surface area contributed by atoms with E-state index in [4.69, 9.17) is 5.11 Å². The molecule has 0 saturated carbocycles. The van der Waals surface area contributed by atoms with Gasteiger partial charge in [0.05, 0.1) is 17.8 Å². The first kappa shape index (κ1) is 15.9. The number of carboxylic acid groups (broad SMARTS) is 1. The molecule has 1 aromatic rings. The molecular formula is C13H19N3O4. The maximum absolute atomic E-state index is 11.9. The Morgan fingerprint density at radius 2 is 1.95 bits per heavy atom. The van der Waals surface area contributed by atoms with E-state index in [0.717, 1.165) is 0 Å². The average Bonchev–Trinajstić information content (AvgIpc) is 2.70. The van der Waals surface area contributed by atoms with Gasteiger partial charge in [0.2, 0.25) is 5.91 Å². The van der Waals surface area contributed by atoms with Crippen LogP contribution >= 0.6 is 0 Å². The zero-order valence-electron chi connectivity index (χ0n) is 11.7. The highest BCUT2D eigenvalue weighted by Gasteiger charge is 2.13. The number of nitrogens with one attached hydrogen (secondary N) is 1. The molecule has 1 aromatic heterocycles. The summed E-state index contributed by atoms with van der Waals surface area (Å²) >= 11 is 0. The molecule has 2 N–H and O–H groups in total. The summed E-state index contributed by atoms with van der Waals surface area (Å²) in [5.74, 6) is -1.30. The van der Waals surface area contributed by atoms with Crippen LogP contribution in [0.5, 0.6) is 0 Å². The Morgan fingerprint density at radius 1 is 1.30 bits per heavy atom. The van der Waals surface area contributed by atoms with Crippen LogP contribution in [0.3, 0.4) is 0 Å². The lowest BCUT2D eigenvalue weighted by atomic mass is 10.1. The molecule has 0 saturated heterocycles. The number of rotatable bonds is 8. The van der Waals surface area contributed by atoms with Crippen LogP contribution in [0.2, 0.25) is 0 Å². The summed E-state index contributed by atoms with van der Waals surface area (Å²) in [6.07, 6.45) is 2.86. The highest BCUT2D eigenvalue weighted by molar-refractivity contribution is 6.00. The Bertz CT molecular complexity index is 508. The molecule has 1 heterocycles. The molecule has 0 aromatic carbocycles. The predicted octanol–water partition coefficient (Wildman–Crippen LogP) is 0.672. The van der Waals surface area contributed by atoms with Crippen molar-refractivity contribution < 1.29 is 19.5 Å². The van der Waals surface area contributed by atoms with Gasteiger partial charge < -0.3 is 10.4 Å². The average molecular weight is 281 g/mol. The van der Waals surface area contributed by atoms with E-state index in [9.17, 15) is 14.4 Å². The fourth-order valence-corrected chi connectivity index (χ4v) is 1.80. The van der Waals surface area contributed by atoms with Gasteiger partial charge in [0.25, 0.3) is 0 Å². The normalized spacial score (nSPS) is 10.3. The standard InChI is InChI=1S/C13H19N3O4/c1-9-10(8-16(2)15-9)11(17)7-14-12(18)5-3-4-6-13(19)20/h8H,3-7H2,1-2H3,(H,14,18)(H,19,20). The number of carbonyl (C=O) groups is 3. The van der Waals surface area contributed by atoms with E-state index in [1.54, 1.807) is 24.9 Å². The van der Waals surface area contributed by atoms with E-state index < -0.39 is 5.97 Å². The quantitative estimate of drug-likeness (QED) is 0.539. The molecule has 1 rings (SSSR count). The lowest BCUT2D eigenvalue weighted by Crippen LogP contribution is -2.29. The highest BCUT2D eigenvalue weighted by Crippen LogP contribution is 2.05. The Kier molecular flexibility index (Phi) is 5.89. The third-order valence-electron chi connectivity index (χ3n) is 2.80. The van der Waals surface area contributed by atoms with Gasteiger partial charge in [-0.1, -0.05) is 0 Å². The Morgan fingerprint density at radius 3 is 2.50 bits per heavy atom. The van der Waals surface area contributed by atoms with Gasteiger partial charge in [-0.2, -0.15) is 5.10 Å². The topological polar surface area (TPSA) is 101 Å². The summed E-state index contributed by atoms with van der Waals surface area (Å²) < 4.78 is 1.55. The molecule has 20 heavy (non-hydrogen) atoms. The molecule has 0 atom stereocenters. The molecule has 7 nitrogen and oxygen atoms in total.